The monoisotopic (exact) mass is 353 g/mol. The van der Waals surface area contributed by atoms with E-state index in [1.807, 2.05) is 13.8 Å². The second kappa shape index (κ2) is 6.40. The Labute approximate surface area is 134 Å². The van der Waals surface area contributed by atoms with Crippen LogP contribution >= 0.6 is 23.2 Å². The molecule has 1 fully saturated rings. The quantitative estimate of drug-likeness (QED) is 0.905. The van der Waals surface area contributed by atoms with Gasteiger partial charge in [0.05, 0.1) is 23.8 Å². The van der Waals surface area contributed by atoms with Crippen molar-refractivity contribution >= 4 is 33.2 Å². The second-order valence-corrected chi connectivity index (χ2v) is 7.83. The van der Waals surface area contributed by atoms with Crippen molar-refractivity contribution in [3.05, 3.63) is 27.7 Å². The number of sulfonamides is 1. The van der Waals surface area contributed by atoms with Crippen LogP contribution in [0.3, 0.4) is 0 Å². The van der Waals surface area contributed by atoms with Crippen molar-refractivity contribution in [3.8, 4) is 0 Å². The summed E-state index contributed by atoms with van der Waals surface area (Å²) in [5, 5.41) is 9.52. The number of aliphatic hydroxyl groups excluding tert-OH is 1. The number of ether oxygens (including phenoxy) is 1. The summed E-state index contributed by atoms with van der Waals surface area (Å²) in [7, 11) is -3.76. The van der Waals surface area contributed by atoms with Crippen molar-refractivity contribution in [3.63, 3.8) is 0 Å². The van der Waals surface area contributed by atoms with Crippen molar-refractivity contribution < 1.29 is 18.3 Å². The van der Waals surface area contributed by atoms with Gasteiger partial charge in [0.2, 0.25) is 10.0 Å². The third-order valence-corrected chi connectivity index (χ3v) is 5.92. The molecule has 2 rings (SSSR count). The number of nitrogens with zero attached hydrogens (tertiary/aromatic N) is 1. The molecule has 1 saturated heterocycles. The molecule has 0 unspecified atom stereocenters. The molecular weight excluding hydrogens is 337 g/mol. The topological polar surface area (TPSA) is 66.8 Å². The van der Waals surface area contributed by atoms with E-state index in [9.17, 15) is 13.5 Å². The molecule has 0 amide bonds. The molecule has 2 atom stereocenters. The van der Waals surface area contributed by atoms with Gasteiger partial charge in [-0.05, 0) is 31.5 Å². The molecule has 1 aromatic rings. The molecule has 0 aliphatic carbocycles. The molecular formula is C13H17Cl2NO4S. The first kappa shape index (κ1) is 17.0. The highest BCUT2D eigenvalue weighted by atomic mass is 35.5. The first-order valence-corrected chi connectivity index (χ1v) is 8.69. The Balaban J connectivity index is 2.44. The van der Waals surface area contributed by atoms with E-state index in [-0.39, 0.29) is 46.8 Å². The third-order valence-electron chi connectivity index (χ3n) is 3.28. The smallest absolute Gasteiger partial charge is 0.244 e. The van der Waals surface area contributed by atoms with Gasteiger partial charge in [-0.3, -0.25) is 0 Å². The van der Waals surface area contributed by atoms with Crippen LogP contribution in [0, 0.1) is 0 Å². The van der Waals surface area contributed by atoms with Gasteiger partial charge in [0, 0.05) is 18.1 Å². The summed E-state index contributed by atoms with van der Waals surface area (Å²) >= 11 is 11.9. The fraction of sp³-hybridized carbons (Fsp3) is 0.538. The van der Waals surface area contributed by atoms with E-state index >= 15 is 0 Å². The van der Waals surface area contributed by atoms with Gasteiger partial charge in [0.25, 0.3) is 0 Å². The maximum atomic E-state index is 12.7. The molecule has 5 nitrogen and oxygen atoms in total. The number of halogens is 2. The van der Waals surface area contributed by atoms with Crippen molar-refractivity contribution in [1.29, 1.82) is 0 Å². The normalized spacial score (nSPS) is 24.2. The van der Waals surface area contributed by atoms with Gasteiger partial charge in [-0.15, -0.1) is 0 Å². The second-order valence-electron chi connectivity index (χ2n) is 5.11. The highest BCUT2D eigenvalue weighted by molar-refractivity contribution is 7.89. The highest BCUT2D eigenvalue weighted by Gasteiger charge is 2.33. The van der Waals surface area contributed by atoms with E-state index in [0.717, 1.165) is 0 Å². The van der Waals surface area contributed by atoms with Crippen molar-refractivity contribution in [2.75, 3.05) is 13.1 Å². The molecule has 1 aromatic carbocycles. The molecule has 118 valence electrons. The maximum absolute atomic E-state index is 12.7. The van der Waals surface area contributed by atoms with Crippen LogP contribution in [0.5, 0.6) is 0 Å². The van der Waals surface area contributed by atoms with Crippen molar-refractivity contribution in [1.82, 2.24) is 4.31 Å². The molecule has 21 heavy (non-hydrogen) atoms. The van der Waals surface area contributed by atoms with Gasteiger partial charge in [-0.25, -0.2) is 8.42 Å². The number of hydrogen-bond donors (Lipinski definition) is 1. The summed E-state index contributed by atoms with van der Waals surface area (Å²) in [6, 6.07) is 2.67. The Morgan fingerprint density at radius 1 is 1.24 bits per heavy atom. The molecule has 0 spiro atoms. The Kier molecular flexibility index (Phi) is 5.18. The minimum Gasteiger partial charge on any atom is -0.392 e. The minimum absolute atomic E-state index is 0.0427. The van der Waals surface area contributed by atoms with Crippen LogP contribution in [0.25, 0.3) is 0 Å². The molecule has 0 radical (unpaired) electrons. The Morgan fingerprint density at radius 3 is 2.33 bits per heavy atom. The fourth-order valence-electron chi connectivity index (χ4n) is 2.36. The van der Waals surface area contributed by atoms with Crippen LogP contribution < -0.4 is 0 Å². The SMILES string of the molecule is C[C@@H]1CN(S(=O)(=O)c2cc(CO)c(Cl)cc2Cl)C[C@H](C)O1. The number of morpholine rings is 1. The molecule has 1 aliphatic heterocycles. The average Bonchev–Trinajstić information content (AvgIpc) is 2.37. The first-order chi connectivity index (χ1) is 9.75. The number of benzene rings is 1. The lowest BCUT2D eigenvalue weighted by molar-refractivity contribution is -0.0440. The zero-order valence-corrected chi connectivity index (χ0v) is 14.0. The Morgan fingerprint density at radius 2 is 1.81 bits per heavy atom. The summed E-state index contributed by atoms with van der Waals surface area (Å²) in [5.41, 5.74) is 0.328. The largest absolute Gasteiger partial charge is 0.392 e. The number of hydrogen-bond acceptors (Lipinski definition) is 4. The summed E-state index contributed by atoms with van der Waals surface area (Å²) in [6.07, 6.45) is -0.376. The number of aliphatic hydroxyl groups is 1. The van der Waals surface area contributed by atoms with Gasteiger partial charge in [0.1, 0.15) is 4.90 Å². The van der Waals surface area contributed by atoms with Gasteiger partial charge in [-0.2, -0.15) is 4.31 Å². The molecule has 1 aliphatic rings. The fourth-order valence-corrected chi connectivity index (χ4v) is 4.78. The van der Waals surface area contributed by atoms with E-state index in [1.165, 1.54) is 16.4 Å². The average molecular weight is 354 g/mol. The predicted octanol–water partition coefficient (Wildman–Crippen LogP) is 2.28. The molecule has 1 heterocycles. The van der Waals surface area contributed by atoms with Gasteiger partial charge < -0.3 is 9.84 Å². The summed E-state index contributed by atoms with van der Waals surface area (Å²) in [5.74, 6) is 0. The lowest BCUT2D eigenvalue weighted by atomic mass is 10.2. The van der Waals surface area contributed by atoms with Gasteiger partial charge in [0.15, 0.2) is 0 Å². The zero-order chi connectivity index (χ0) is 15.8. The van der Waals surface area contributed by atoms with Gasteiger partial charge in [-0.1, -0.05) is 23.2 Å². The zero-order valence-electron chi connectivity index (χ0n) is 11.7. The van der Waals surface area contributed by atoms with Crippen LogP contribution in [0.1, 0.15) is 19.4 Å². The Bertz CT molecular complexity index is 625. The van der Waals surface area contributed by atoms with Gasteiger partial charge >= 0.3 is 0 Å². The van der Waals surface area contributed by atoms with Crippen LogP contribution in [0.4, 0.5) is 0 Å². The van der Waals surface area contributed by atoms with E-state index in [2.05, 4.69) is 0 Å². The van der Waals surface area contributed by atoms with Crippen molar-refractivity contribution in [2.24, 2.45) is 0 Å². The summed E-state index contributed by atoms with van der Waals surface area (Å²) in [4.78, 5) is -0.0427. The molecule has 0 aromatic heterocycles. The van der Waals surface area contributed by atoms with E-state index < -0.39 is 10.0 Å². The van der Waals surface area contributed by atoms with E-state index in [0.29, 0.717) is 5.56 Å². The van der Waals surface area contributed by atoms with Crippen LogP contribution in [0.15, 0.2) is 17.0 Å². The standard InChI is InChI=1S/C13H17Cl2NO4S/c1-8-5-16(6-9(2)20-8)21(18,19)13-3-10(7-17)11(14)4-12(13)15/h3-4,8-9,17H,5-7H2,1-2H3/t8-,9+. The summed E-state index contributed by atoms with van der Waals surface area (Å²) in [6.45, 7) is 3.82. The maximum Gasteiger partial charge on any atom is 0.244 e. The first-order valence-electron chi connectivity index (χ1n) is 6.50. The van der Waals surface area contributed by atoms with E-state index in [1.54, 1.807) is 0 Å². The predicted molar refractivity (Wildman–Crippen MR) is 81.2 cm³/mol. The highest BCUT2D eigenvalue weighted by Crippen LogP contribution is 2.31. The molecule has 0 bridgehead atoms. The lowest BCUT2D eigenvalue weighted by Gasteiger charge is -2.34. The third kappa shape index (κ3) is 3.52. The van der Waals surface area contributed by atoms with Crippen LogP contribution in [-0.2, 0) is 21.4 Å². The van der Waals surface area contributed by atoms with Crippen LogP contribution in [0.2, 0.25) is 10.0 Å². The van der Waals surface area contributed by atoms with E-state index in [4.69, 9.17) is 27.9 Å². The number of rotatable bonds is 3. The van der Waals surface area contributed by atoms with Crippen LogP contribution in [-0.4, -0.2) is 43.1 Å². The molecule has 8 heteroatoms. The molecule has 1 N–H and O–H groups in total. The Hall–Kier alpha value is -0.370. The minimum atomic E-state index is -3.76. The molecule has 0 saturated carbocycles. The van der Waals surface area contributed by atoms with Crippen molar-refractivity contribution in [2.45, 2.75) is 37.6 Å². The summed E-state index contributed by atoms with van der Waals surface area (Å²) < 4.78 is 32.4. The lowest BCUT2D eigenvalue weighted by Crippen LogP contribution is -2.48.